The van der Waals surface area contributed by atoms with Crippen molar-refractivity contribution in [2.75, 3.05) is 25.1 Å². The van der Waals surface area contributed by atoms with Gasteiger partial charge in [0.1, 0.15) is 17.3 Å². The molecule has 108 valence electrons. The zero-order chi connectivity index (χ0) is 14.4. The molecule has 1 aliphatic heterocycles. The Morgan fingerprint density at radius 2 is 2.05 bits per heavy atom. The third kappa shape index (κ3) is 2.04. The fraction of sp³-hybridized carbons (Fsp3) is 0.308. The molecule has 1 aromatic carbocycles. The molecule has 0 spiro atoms. The summed E-state index contributed by atoms with van der Waals surface area (Å²) in [5, 5.41) is 10.0. The van der Waals surface area contributed by atoms with E-state index in [0.29, 0.717) is 11.1 Å². The third-order valence-electron chi connectivity index (χ3n) is 3.56. The van der Waals surface area contributed by atoms with Crippen LogP contribution in [0.1, 0.15) is 6.04 Å². The summed E-state index contributed by atoms with van der Waals surface area (Å²) in [6, 6.07) is 4.00. The molecule has 0 aliphatic carbocycles. The second-order valence-corrected chi connectivity index (χ2v) is 6.22. The lowest BCUT2D eigenvalue weighted by Crippen LogP contribution is -2.48. The molecule has 0 amide bonds. The van der Waals surface area contributed by atoms with Gasteiger partial charge in [0.25, 0.3) is 0 Å². The molecule has 21 heavy (non-hydrogen) atoms. The molecular weight excluding hydrogens is 310 g/mol. The number of thiazole rings is 1. The Bertz CT molecular complexity index is 781. The van der Waals surface area contributed by atoms with Crippen LogP contribution in [-0.4, -0.2) is 40.2 Å². The number of hydrogen-bond donors (Lipinski definition) is 0. The quantitative estimate of drug-likeness (QED) is 0.742. The van der Waals surface area contributed by atoms with Crippen LogP contribution in [0.15, 0.2) is 24.5 Å². The predicted molar refractivity (Wildman–Crippen MR) is 82.5 cm³/mol. The number of fused-ring (bicyclic) bond motifs is 1. The highest BCUT2D eigenvalue weighted by molar-refractivity contribution is 7.22. The summed E-state index contributed by atoms with van der Waals surface area (Å²) in [5.74, 6) is 0.753. The minimum atomic E-state index is 0.310. The SMILES string of the molecule is COc1ccc(Cl)c2sc(N3CC(n4nccn4)C3)nc12. The van der Waals surface area contributed by atoms with E-state index in [0.717, 1.165) is 34.2 Å². The van der Waals surface area contributed by atoms with E-state index in [4.69, 9.17) is 16.3 Å². The summed E-state index contributed by atoms with van der Waals surface area (Å²) in [6.07, 6.45) is 3.40. The van der Waals surface area contributed by atoms with Gasteiger partial charge in [-0.25, -0.2) is 4.98 Å². The minimum absolute atomic E-state index is 0.310. The van der Waals surface area contributed by atoms with E-state index >= 15 is 0 Å². The van der Waals surface area contributed by atoms with Crippen LogP contribution in [0.4, 0.5) is 5.13 Å². The highest BCUT2D eigenvalue weighted by atomic mass is 35.5. The number of nitrogens with zero attached hydrogens (tertiary/aromatic N) is 5. The van der Waals surface area contributed by atoms with Crippen molar-refractivity contribution in [1.29, 1.82) is 0 Å². The molecule has 0 bridgehead atoms. The van der Waals surface area contributed by atoms with Crippen molar-refractivity contribution < 1.29 is 4.74 Å². The second-order valence-electron chi connectivity index (χ2n) is 4.83. The largest absolute Gasteiger partial charge is 0.494 e. The molecule has 4 rings (SSSR count). The summed E-state index contributed by atoms with van der Waals surface area (Å²) in [7, 11) is 1.64. The molecule has 6 nitrogen and oxygen atoms in total. The standard InChI is InChI=1S/C13H12ClN5OS/c1-20-10-3-2-9(14)12-11(10)17-13(21-12)18-6-8(7-18)19-15-4-5-16-19/h2-5,8H,6-7H2,1H3. The van der Waals surface area contributed by atoms with Crippen LogP contribution >= 0.6 is 22.9 Å². The van der Waals surface area contributed by atoms with Crippen LogP contribution in [-0.2, 0) is 0 Å². The van der Waals surface area contributed by atoms with Crippen molar-refractivity contribution in [1.82, 2.24) is 20.0 Å². The molecule has 0 unspecified atom stereocenters. The molecule has 1 fully saturated rings. The first-order chi connectivity index (χ1) is 10.3. The van der Waals surface area contributed by atoms with Crippen LogP contribution in [0.2, 0.25) is 5.02 Å². The number of methoxy groups -OCH3 is 1. The van der Waals surface area contributed by atoms with Gasteiger partial charge in [0.15, 0.2) is 5.13 Å². The van der Waals surface area contributed by atoms with E-state index in [-0.39, 0.29) is 0 Å². The van der Waals surface area contributed by atoms with Gasteiger partial charge < -0.3 is 9.64 Å². The Morgan fingerprint density at radius 3 is 2.76 bits per heavy atom. The summed E-state index contributed by atoms with van der Waals surface area (Å²) in [6.45, 7) is 1.71. The van der Waals surface area contributed by atoms with Crippen molar-refractivity contribution in [2.45, 2.75) is 6.04 Å². The number of anilines is 1. The van der Waals surface area contributed by atoms with Gasteiger partial charge in [0.05, 0.1) is 29.2 Å². The van der Waals surface area contributed by atoms with E-state index in [1.807, 2.05) is 12.1 Å². The Kier molecular flexibility index (Phi) is 2.97. The van der Waals surface area contributed by atoms with E-state index < -0.39 is 0 Å². The van der Waals surface area contributed by atoms with Gasteiger partial charge in [-0.05, 0) is 12.1 Å². The first-order valence-electron chi connectivity index (χ1n) is 6.50. The molecule has 3 heterocycles. The monoisotopic (exact) mass is 321 g/mol. The summed E-state index contributed by atoms with van der Waals surface area (Å²) < 4.78 is 6.31. The molecule has 0 atom stereocenters. The molecule has 0 N–H and O–H groups in total. The minimum Gasteiger partial charge on any atom is -0.494 e. The summed E-state index contributed by atoms with van der Waals surface area (Å²) in [5.41, 5.74) is 0.825. The molecule has 8 heteroatoms. The predicted octanol–water partition coefficient (Wildman–Crippen LogP) is 2.61. The third-order valence-corrected chi connectivity index (χ3v) is 5.14. The molecule has 0 radical (unpaired) electrons. The lowest BCUT2D eigenvalue weighted by atomic mass is 10.1. The lowest BCUT2D eigenvalue weighted by Gasteiger charge is -2.37. The fourth-order valence-electron chi connectivity index (χ4n) is 2.41. The number of halogens is 1. The highest BCUT2D eigenvalue weighted by Crippen LogP contribution is 2.40. The zero-order valence-corrected chi connectivity index (χ0v) is 12.8. The second kappa shape index (κ2) is 4.85. The lowest BCUT2D eigenvalue weighted by molar-refractivity contribution is 0.332. The van der Waals surface area contributed by atoms with E-state index in [1.54, 1.807) is 35.6 Å². The van der Waals surface area contributed by atoms with Gasteiger partial charge in [-0.2, -0.15) is 15.0 Å². The van der Waals surface area contributed by atoms with Gasteiger partial charge in [-0.3, -0.25) is 0 Å². The van der Waals surface area contributed by atoms with Crippen LogP contribution < -0.4 is 9.64 Å². The number of rotatable bonds is 3. The zero-order valence-electron chi connectivity index (χ0n) is 11.2. The average Bonchev–Trinajstić information content (AvgIpc) is 3.07. The average molecular weight is 322 g/mol. The first-order valence-corrected chi connectivity index (χ1v) is 7.69. The van der Waals surface area contributed by atoms with Gasteiger partial charge >= 0.3 is 0 Å². The number of aromatic nitrogens is 4. The van der Waals surface area contributed by atoms with Crippen molar-refractivity contribution in [2.24, 2.45) is 0 Å². The normalized spacial score (nSPS) is 15.4. The van der Waals surface area contributed by atoms with Gasteiger partial charge in [0.2, 0.25) is 0 Å². The van der Waals surface area contributed by atoms with E-state index in [1.165, 1.54) is 0 Å². The van der Waals surface area contributed by atoms with Crippen molar-refractivity contribution in [3.8, 4) is 5.75 Å². The molecular formula is C13H12ClN5OS. The summed E-state index contributed by atoms with van der Waals surface area (Å²) in [4.78, 5) is 8.62. The molecule has 1 saturated heterocycles. The maximum absolute atomic E-state index is 6.25. The smallest absolute Gasteiger partial charge is 0.186 e. The van der Waals surface area contributed by atoms with Gasteiger partial charge in [0, 0.05) is 13.1 Å². The fourth-order valence-corrected chi connectivity index (χ4v) is 3.69. The highest BCUT2D eigenvalue weighted by Gasteiger charge is 2.32. The maximum Gasteiger partial charge on any atom is 0.186 e. The van der Waals surface area contributed by atoms with Crippen LogP contribution in [0.3, 0.4) is 0 Å². The summed E-state index contributed by atoms with van der Waals surface area (Å²) >= 11 is 7.84. The van der Waals surface area contributed by atoms with Crippen molar-refractivity contribution in [3.05, 3.63) is 29.5 Å². The van der Waals surface area contributed by atoms with Crippen LogP contribution in [0.25, 0.3) is 10.2 Å². The number of benzene rings is 1. The topological polar surface area (TPSA) is 56.1 Å². The Balaban J connectivity index is 1.62. The van der Waals surface area contributed by atoms with Gasteiger partial charge in [-0.15, -0.1) is 0 Å². The number of ether oxygens (including phenoxy) is 1. The molecule has 1 aliphatic rings. The van der Waals surface area contributed by atoms with Crippen molar-refractivity contribution in [3.63, 3.8) is 0 Å². The van der Waals surface area contributed by atoms with Gasteiger partial charge in [-0.1, -0.05) is 22.9 Å². The first kappa shape index (κ1) is 12.8. The Morgan fingerprint density at radius 1 is 1.29 bits per heavy atom. The number of hydrogen-bond acceptors (Lipinski definition) is 6. The molecule has 2 aromatic heterocycles. The maximum atomic E-state index is 6.25. The van der Waals surface area contributed by atoms with Crippen LogP contribution in [0, 0.1) is 0 Å². The Labute approximate surface area is 129 Å². The van der Waals surface area contributed by atoms with E-state index in [9.17, 15) is 0 Å². The Hall–Kier alpha value is -1.86. The molecule has 3 aromatic rings. The van der Waals surface area contributed by atoms with Crippen molar-refractivity contribution >= 4 is 38.3 Å². The van der Waals surface area contributed by atoms with Crippen LogP contribution in [0.5, 0.6) is 5.75 Å². The van der Waals surface area contributed by atoms with E-state index in [2.05, 4.69) is 20.1 Å². The molecule has 0 saturated carbocycles.